The number of nitrogens with one attached hydrogen (secondary N) is 1. The first-order valence-electron chi connectivity index (χ1n) is 6.06. The fourth-order valence-electron chi connectivity index (χ4n) is 1.85. The van der Waals surface area contributed by atoms with E-state index in [2.05, 4.69) is 19.8 Å². The Morgan fingerprint density at radius 2 is 2.30 bits per heavy atom. The fraction of sp³-hybridized carbons (Fsp3) is 0.500. The number of nitrogens with two attached hydrogens (primary N) is 1. The topological polar surface area (TPSA) is 116 Å². The van der Waals surface area contributed by atoms with Gasteiger partial charge in [-0.2, -0.15) is 9.47 Å². The SMILES string of the molecule is Cn1cnc(CNc2snc(N)c2S(=O)(=O)C2CC2)n1. The quantitative estimate of drug-likeness (QED) is 0.820. The van der Waals surface area contributed by atoms with Gasteiger partial charge in [-0.3, -0.25) is 4.68 Å². The molecule has 2 aromatic rings. The highest BCUT2D eigenvalue weighted by Gasteiger charge is 2.40. The van der Waals surface area contributed by atoms with Crippen LogP contribution in [0, 0.1) is 0 Å². The van der Waals surface area contributed by atoms with Gasteiger partial charge in [-0.1, -0.05) is 0 Å². The molecule has 1 aliphatic rings. The normalized spacial score (nSPS) is 15.4. The van der Waals surface area contributed by atoms with Gasteiger partial charge in [0.15, 0.2) is 21.5 Å². The summed E-state index contributed by atoms with van der Waals surface area (Å²) in [6, 6.07) is 0. The maximum Gasteiger partial charge on any atom is 0.187 e. The Balaban J connectivity index is 1.84. The molecule has 0 aliphatic heterocycles. The maximum atomic E-state index is 12.3. The molecule has 0 aromatic carbocycles. The highest BCUT2D eigenvalue weighted by Crippen LogP contribution is 2.41. The second-order valence-electron chi connectivity index (χ2n) is 4.66. The lowest BCUT2D eigenvalue weighted by Gasteiger charge is -2.05. The zero-order chi connectivity index (χ0) is 14.3. The average Bonchev–Trinajstić information content (AvgIpc) is 3.08. The van der Waals surface area contributed by atoms with Crippen LogP contribution in [-0.4, -0.2) is 32.8 Å². The molecule has 1 saturated carbocycles. The van der Waals surface area contributed by atoms with Crippen molar-refractivity contribution in [2.75, 3.05) is 11.1 Å². The first kappa shape index (κ1) is 13.3. The summed E-state index contributed by atoms with van der Waals surface area (Å²) < 4.78 is 30.2. The molecule has 20 heavy (non-hydrogen) atoms. The molecule has 0 unspecified atom stereocenters. The van der Waals surface area contributed by atoms with E-state index < -0.39 is 9.84 Å². The number of sulfone groups is 1. The Labute approximate surface area is 120 Å². The van der Waals surface area contributed by atoms with Gasteiger partial charge in [0, 0.05) is 7.05 Å². The summed E-state index contributed by atoms with van der Waals surface area (Å²) >= 11 is 1.05. The molecule has 3 N–H and O–H groups in total. The molecule has 0 amide bonds. The number of hydrogen-bond donors (Lipinski definition) is 2. The Bertz CT molecular complexity index is 731. The Morgan fingerprint density at radius 1 is 1.55 bits per heavy atom. The smallest absolute Gasteiger partial charge is 0.187 e. The monoisotopic (exact) mass is 314 g/mol. The molecular weight excluding hydrogens is 300 g/mol. The maximum absolute atomic E-state index is 12.3. The van der Waals surface area contributed by atoms with E-state index in [0.717, 1.165) is 11.5 Å². The van der Waals surface area contributed by atoms with Crippen LogP contribution >= 0.6 is 11.5 Å². The van der Waals surface area contributed by atoms with Crippen LogP contribution in [0.3, 0.4) is 0 Å². The van der Waals surface area contributed by atoms with Crippen molar-refractivity contribution >= 4 is 32.2 Å². The van der Waals surface area contributed by atoms with Crippen LogP contribution in [0.1, 0.15) is 18.7 Å². The Morgan fingerprint density at radius 3 is 2.90 bits per heavy atom. The van der Waals surface area contributed by atoms with Crippen molar-refractivity contribution in [3.05, 3.63) is 12.2 Å². The number of anilines is 2. The highest BCUT2D eigenvalue weighted by atomic mass is 32.2. The number of nitrogen functional groups attached to an aromatic ring is 1. The number of nitrogens with zero attached hydrogens (tertiary/aromatic N) is 4. The lowest BCUT2D eigenvalue weighted by Crippen LogP contribution is -2.12. The zero-order valence-corrected chi connectivity index (χ0v) is 12.4. The van der Waals surface area contributed by atoms with E-state index in [9.17, 15) is 8.42 Å². The molecular formula is C10H14N6O2S2. The minimum Gasteiger partial charge on any atom is -0.382 e. The lowest BCUT2D eigenvalue weighted by atomic mass is 10.5. The van der Waals surface area contributed by atoms with Crippen LogP contribution in [0.2, 0.25) is 0 Å². The summed E-state index contributed by atoms with van der Waals surface area (Å²) in [6.07, 6.45) is 2.97. The van der Waals surface area contributed by atoms with Gasteiger partial charge in [0.2, 0.25) is 0 Å². The number of aryl methyl sites for hydroxylation is 1. The summed E-state index contributed by atoms with van der Waals surface area (Å²) in [4.78, 5) is 4.20. The summed E-state index contributed by atoms with van der Waals surface area (Å²) in [5, 5.41) is 7.28. The van der Waals surface area contributed by atoms with E-state index in [0.29, 0.717) is 30.2 Å². The number of aromatic nitrogens is 4. The fourth-order valence-corrected chi connectivity index (χ4v) is 4.73. The van der Waals surface area contributed by atoms with Gasteiger partial charge in [-0.05, 0) is 24.4 Å². The van der Waals surface area contributed by atoms with Crippen molar-refractivity contribution in [3.63, 3.8) is 0 Å². The van der Waals surface area contributed by atoms with E-state index in [-0.39, 0.29) is 16.0 Å². The molecule has 1 aliphatic carbocycles. The second-order valence-corrected chi connectivity index (χ2v) is 7.60. The predicted molar refractivity (Wildman–Crippen MR) is 75.1 cm³/mol. The van der Waals surface area contributed by atoms with E-state index in [1.165, 1.54) is 0 Å². The van der Waals surface area contributed by atoms with Crippen LogP contribution in [-0.2, 0) is 23.4 Å². The van der Waals surface area contributed by atoms with Crippen molar-refractivity contribution in [2.45, 2.75) is 29.5 Å². The molecule has 108 valence electrons. The van der Waals surface area contributed by atoms with Gasteiger partial charge in [-0.15, -0.1) is 0 Å². The Hall–Kier alpha value is -1.68. The van der Waals surface area contributed by atoms with Crippen LogP contribution < -0.4 is 11.1 Å². The van der Waals surface area contributed by atoms with Crippen molar-refractivity contribution in [3.8, 4) is 0 Å². The molecule has 0 saturated heterocycles. The highest BCUT2D eigenvalue weighted by molar-refractivity contribution is 7.92. The summed E-state index contributed by atoms with van der Waals surface area (Å²) in [6.45, 7) is 0.329. The first-order valence-corrected chi connectivity index (χ1v) is 8.38. The molecule has 0 spiro atoms. The molecule has 0 radical (unpaired) electrons. The van der Waals surface area contributed by atoms with Gasteiger partial charge in [0.05, 0.1) is 11.8 Å². The van der Waals surface area contributed by atoms with Crippen LogP contribution in [0.4, 0.5) is 10.8 Å². The van der Waals surface area contributed by atoms with Crippen LogP contribution in [0.5, 0.6) is 0 Å². The first-order chi connectivity index (χ1) is 9.48. The van der Waals surface area contributed by atoms with Crippen molar-refractivity contribution < 1.29 is 8.42 Å². The third-order valence-corrected chi connectivity index (χ3v) is 6.26. The third kappa shape index (κ3) is 2.36. The summed E-state index contributed by atoms with van der Waals surface area (Å²) in [5.74, 6) is 0.646. The molecule has 0 bridgehead atoms. The van der Waals surface area contributed by atoms with Crippen molar-refractivity contribution in [1.82, 2.24) is 19.1 Å². The van der Waals surface area contributed by atoms with Gasteiger partial charge in [-0.25, -0.2) is 13.4 Å². The second kappa shape index (κ2) is 4.70. The summed E-state index contributed by atoms with van der Waals surface area (Å²) in [7, 11) is -1.60. The number of hydrogen-bond acceptors (Lipinski definition) is 8. The minimum atomic E-state index is -3.37. The molecule has 8 nitrogen and oxygen atoms in total. The van der Waals surface area contributed by atoms with E-state index >= 15 is 0 Å². The third-order valence-electron chi connectivity index (χ3n) is 2.98. The van der Waals surface area contributed by atoms with Crippen molar-refractivity contribution in [1.29, 1.82) is 0 Å². The van der Waals surface area contributed by atoms with Gasteiger partial charge >= 0.3 is 0 Å². The van der Waals surface area contributed by atoms with Gasteiger partial charge < -0.3 is 11.1 Å². The molecule has 2 heterocycles. The average molecular weight is 314 g/mol. The van der Waals surface area contributed by atoms with Gasteiger partial charge in [0.1, 0.15) is 16.2 Å². The molecule has 1 fully saturated rings. The predicted octanol–water partition coefficient (Wildman–Crippen LogP) is 0.402. The standard InChI is InChI=1S/C10H14N6O2S2/c1-16-5-13-7(14-16)4-12-10-8(9(11)15-19-10)20(17,18)6-2-3-6/h5-6,12H,2-4H2,1H3,(H2,11,15). The van der Waals surface area contributed by atoms with Gasteiger partial charge in [0.25, 0.3) is 0 Å². The molecule has 10 heteroatoms. The van der Waals surface area contributed by atoms with Crippen molar-refractivity contribution in [2.24, 2.45) is 7.05 Å². The zero-order valence-electron chi connectivity index (χ0n) is 10.8. The van der Waals surface area contributed by atoms with E-state index in [1.807, 2.05) is 0 Å². The molecule has 0 atom stereocenters. The molecule has 2 aromatic heterocycles. The lowest BCUT2D eigenvalue weighted by molar-refractivity contribution is 0.595. The van der Waals surface area contributed by atoms with E-state index in [4.69, 9.17) is 5.73 Å². The molecule has 3 rings (SSSR count). The largest absolute Gasteiger partial charge is 0.382 e. The van der Waals surface area contributed by atoms with Crippen LogP contribution in [0.25, 0.3) is 0 Å². The Kier molecular flexibility index (Phi) is 3.13. The minimum absolute atomic E-state index is 0.0679. The van der Waals surface area contributed by atoms with Crippen LogP contribution in [0.15, 0.2) is 11.2 Å². The van der Waals surface area contributed by atoms with E-state index in [1.54, 1.807) is 18.1 Å². The summed E-state index contributed by atoms with van der Waals surface area (Å²) in [5.41, 5.74) is 5.71. The number of rotatable bonds is 5.